The van der Waals surface area contributed by atoms with Crippen molar-refractivity contribution in [2.75, 3.05) is 18.5 Å². The van der Waals surface area contributed by atoms with Crippen molar-refractivity contribution in [3.8, 4) is 11.5 Å². The SMILES string of the molecule is Cc1nn(CC(C)C(=O)Nc2ccc3c(c2)OCCO3)c(C)c1[N+](=O)[O-]. The molecular formula is C17H20N4O5. The van der Waals surface area contributed by atoms with Crippen molar-refractivity contribution in [3.05, 3.63) is 39.7 Å². The first kappa shape index (κ1) is 17.7. The molecular weight excluding hydrogens is 340 g/mol. The number of carbonyl (C=O) groups excluding carboxylic acids is 1. The third-order valence-electron chi connectivity index (χ3n) is 4.23. The number of rotatable bonds is 5. The van der Waals surface area contributed by atoms with Crippen molar-refractivity contribution in [3.63, 3.8) is 0 Å². The fourth-order valence-corrected chi connectivity index (χ4v) is 2.86. The Morgan fingerprint density at radius 1 is 1.35 bits per heavy atom. The summed E-state index contributed by atoms with van der Waals surface area (Å²) in [5.74, 6) is 0.603. The zero-order chi connectivity index (χ0) is 18.8. The molecule has 9 nitrogen and oxygen atoms in total. The number of aromatic nitrogens is 2. The first-order chi connectivity index (χ1) is 12.4. The van der Waals surface area contributed by atoms with E-state index in [0.29, 0.717) is 41.8 Å². The van der Waals surface area contributed by atoms with Crippen LogP contribution in [0, 0.1) is 29.9 Å². The first-order valence-corrected chi connectivity index (χ1v) is 8.25. The van der Waals surface area contributed by atoms with E-state index in [2.05, 4.69) is 10.4 Å². The van der Waals surface area contributed by atoms with E-state index >= 15 is 0 Å². The van der Waals surface area contributed by atoms with Crippen LogP contribution in [0.25, 0.3) is 0 Å². The van der Waals surface area contributed by atoms with Gasteiger partial charge in [0.25, 0.3) is 0 Å². The van der Waals surface area contributed by atoms with Gasteiger partial charge in [0.2, 0.25) is 5.91 Å². The Hall–Kier alpha value is -3.10. The number of nitrogens with zero attached hydrogens (tertiary/aromatic N) is 3. The van der Waals surface area contributed by atoms with Crippen LogP contribution in [0.2, 0.25) is 0 Å². The van der Waals surface area contributed by atoms with Crippen LogP contribution >= 0.6 is 0 Å². The standard InChI is InChI=1S/C17H20N4O5/c1-10(9-20-12(3)16(21(23)24)11(2)19-20)17(22)18-13-4-5-14-15(8-13)26-7-6-25-14/h4-5,8,10H,6-7,9H2,1-3H3,(H,18,22). The number of fused-ring (bicyclic) bond motifs is 1. The predicted octanol–water partition coefficient (Wildman–Crippen LogP) is 2.45. The highest BCUT2D eigenvalue weighted by Gasteiger charge is 2.24. The van der Waals surface area contributed by atoms with Gasteiger partial charge in [-0.05, 0) is 26.0 Å². The van der Waals surface area contributed by atoms with Gasteiger partial charge in [0.15, 0.2) is 11.5 Å². The van der Waals surface area contributed by atoms with E-state index in [-0.39, 0.29) is 18.1 Å². The molecule has 2 heterocycles. The number of aryl methyl sites for hydroxylation is 1. The summed E-state index contributed by atoms with van der Waals surface area (Å²) in [6.45, 7) is 6.18. The van der Waals surface area contributed by atoms with Crippen molar-refractivity contribution in [2.24, 2.45) is 5.92 Å². The molecule has 0 aliphatic carbocycles. The van der Waals surface area contributed by atoms with Gasteiger partial charge in [-0.15, -0.1) is 0 Å². The molecule has 1 aromatic carbocycles. The number of carbonyl (C=O) groups is 1. The van der Waals surface area contributed by atoms with Gasteiger partial charge in [0, 0.05) is 11.8 Å². The van der Waals surface area contributed by atoms with Crippen LogP contribution in [0.5, 0.6) is 11.5 Å². The number of anilines is 1. The van der Waals surface area contributed by atoms with E-state index in [1.54, 1.807) is 39.0 Å². The number of benzene rings is 1. The molecule has 26 heavy (non-hydrogen) atoms. The molecule has 3 rings (SSSR count). The predicted molar refractivity (Wildman–Crippen MR) is 93.6 cm³/mol. The Morgan fingerprint density at radius 3 is 2.69 bits per heavy atom. The molecule has 0 saturated carbocycles. The zero-order valence-corrected chi connectivity index (χ0v) is 14.8. The average Bonchev–Trinajstić information content (AvgIpc) is 2.88. The lowest BCUT2D eigenvalue weighted by Gasteiger charge is -2.19. The maximum atomic E-state index is 12.5. The van der Waals surface area contributed by atoms with Gasteiger partial charge in [-0.3, -0.25) is 19.6 Å². The summed E-state index contributed by atoms with van der Waals surface area (Å²) < 4.78 is 12.5. The topological polar surface area (TPSA) is 109 Å². The molecule has 1 N–H and O–H groups in total. The highest BCUT2D eigenvalue weighted by Crippen LogP contribution is 2.32. The molecule has 138 valence electrons. The average molecular weight is 360 g/mol. The quantitative estimate of drug-likeness (QED) is 0.648. The third kappa shape index (κ3) is 3.46. The lowest BCUT2D eigenvalue weighted by atomic mass is 10.1. The fraction of sp³-hybridized carbons (Fsp3) is 0.412. The lowest BCUT2D eigenvalue weighted by Crippen LogP contribution is -2.25. The number of hydrogen-bond donors (Lipinski definition) is 1. The summed E-state index contributed by atoms with van der Waals surface area (Å²) in [6, 6.07) is 5.21. The van der Waals surface area contributed by atoms with E-state index in [4.69, 9.17) is 9.47 Å². The maximum absolute atomic E-state index is 12.5. The van der Waals surface area contributed by atoms with E-state index in [1.165, 1.54) is 4.68 Å². The van der Waals surface area contributed by atoms with Crippen molar-refractivity contribution in [2.45, 2.75) is 27.3 Å². The van der Waals surface area contributed by atoms with Crippen LogP contribution in [-0.2, 0) is 11.3 Å². The van der Waals surface area contributed by atoms with Gasteiger partial charge in [-0.1, -0.05) is 6.92 Å². The van der Waals surface area contributed by atoms with Gasteiger partial charge >= 0.3 is 5.69 Å². The Balaban J connectivity index is 1.69. The van der Waals surface area contributed by atoms with E-state index in [0.717, 1.165) is 0 Å². The Labute approximate surface area is 150 Å². The monoisotopic (exact) mass is 360 g/mol. The molecule has 1 amide bonds. The van der Waals surface area contributed by atoms with Crippen molar-refractivity contribution in [1.82, 2.24) is 9.78 Å². The fourth-order valence-electron chi connectivity index (χ4n) is 2.86. The summed E-state index contributed by atoms with van der Waals surface area (Å²) in [4.78, 5) is 23.1. The molecule has 0 radical (unpaired) electrons. The minimum absolute atomic E-state index is 0.00977. The minimum atomic E-state index is -0.450. The molecule has 1 aliphatic rings. The van der Waals surface area contributed by atoms with Crippen molar-refractivity contribution in [1.29, 1.82) is 0 Å². The molecule has 1 aromatic heterocycles. The summed E-state index contributed by atoms with van der Waals surface area (Å²) in [5, 5.41) is 18.1. The second-order valence-corrected chi connectivity index (χ2v) is 6.21. The molecule has 9 heteroatoms. The van der Waals surface area contributed by atoms with Gasteiger partial charge < -0.3 is 14.8 Å². The van der Waals surface area contributed by atoms with E-state index < -0.39 is 10.8 Å². The minimum Gasteiger partial charge on any atom is -0.486 e. The van der Waals surface area contributed by atoms with Gasteiger partial charge in [-0.2, -0.15) is 5.10 Å². The lowest BCUT2D eigenvalue weighted by molar-refractivity contribution is -0.386. The largest absolute Gasteiger partial charge is 0.486 e. The molecule has 0 saturated heterocycles. The number of amides is 1. The Bertz CT molecular complexity index is 861. The summed E-state index contributed by atoms with van der Waals surface area (Å²) in [5.41, 5.74) is 1.37. The first-order valence-electron chi connectivity index (χ1n) is 8.25. The zero-order valence-electron chi connectivity index (χ0n) is 14.8. The smallest absolute Gasteiger partial charge is 0.312 e. The number of hydrogen-bond acceptors (Lipinski definition) is 6. The number of ether oxygens (including phenoxy) is 2. The van der Waals surface area contributed by atoms with Gasteiger partial charge in [0.05, 0.1) is 17.4 Å². The summed E-state index contributed by atoms with van der Waals surface area (Å²) in [7, 11) is 0. The van der Waals surface area contributed by atoms with Crippen LogP contribution in [0.3, 0.4) is 0 Å². The number of nitro groups is 1. The second kappa shape index (κ2) is 7.03. The maximum Gasteiger partial charge on any atom is 0.312 e. The molecule has 0 spiro atoms. The molecule has 2 aromatic rings. The Kier molecular flexibility index (Phi) is 4.79. The van der Waals surface area contributed by atoms with Crippen LogP contribution in [0.15, 0.2) is 18.2 Å². The highest BCUT2D eigenvalue weighted by molar-refractivity contribution is 5.92. The van der Waals surface area contributed by atoms with Crippen LogP contribution in [-0.4, -0.2) is 33.8 Å². The van der Waals surface area contributed by atoms with Crippen molar-refractivity contribution < 1.29 is 19.2 Å². The van der Waals surface area contributed by atoms with E-state index in [9.17, 15) is 14.9 Å². The second-order valence-electron chi connectivity index (χ2n) is 6.21. The van der Waals surface area contributed by atoms with E-state index in [1.807, 2.05) is 0 Å². The van der Waals surface area contributed by atoms with Crippen LogP contribution in [0.4, 0.5) is 11.4 Å². The summed E-state index contributed by atoms with van der Waals surface area (Å²) >= 11 is 0. The van der Waals surface area contributed by atoms with Gasteiger partial charge in [0.1, 0.15) is 24.6 Å². The van der Waals surface area contributed by atoms with Crippen LogP contribution < -0.4 is 14.8 Å². The molecule has 1 atom stereocenters. The summed E-state index contributed by atoms with van der Waals surface area (Å²) in [6.07, 6.45) is 0. The molecule has 0 bridgehead atoms. The Morgan fingerprint density at radius 2 is 2.04 bits per heavy atom. The van der Waals surface area contributed by atoms with Gasteiger partial charge in [-0.25, -0.2) is 0 Å². The number of nitrogens with one attached hydrogen (secondary N) is 1. The molecule has 1 aliphatic heterocycles. The molecule has 1 unspecified atom stereocenters. The molecule has 0 fully saturated rings. The third-order valence-corrected chi connectivity index (χ3v) is 4.23. The normalized spacial score (nSPS) is 14.0. The van der Waals surface area contributed by atoms with Crippen molar-refractivity contribution >= 4 is 17.3 Å². The highest BCUT2D eigenvalue weighted by atomic mass is 16.6. The van der Waals surface area contributed by atoms with Crippen LogP contribution in [0.1, 0.15) is 18.3 Å².